The molecule has 11 heteroatoms. The lowest BCUT2D eigenvalue weighted by Crippen LogP contribution is -2.62. The van der Waals surface area contributed by atoms with Gasteiger partial charge in [0.1, 0.15) is 11.7 Å². The number of hydrogen-bond donors (Lipinski definition) is 0. The number of pyridine rings is 1. The van der Waals surface area contributed by atoms with E-state index >= 15 is 0 Å². The van der Waals surface area contributed by atoms with E-state index in [1.165, 1.54) is 0 Å². The van der Waals surface area contributed by atoms with Crippen LogP contribution in [-0.4, -0.2) is 59.8 Å². The van der Waals surface area contributed by atoms with Gasteiger partial charge in [0.25, 0.3) is 5.91 Å². The van der Waals surface area contributed by atoms with Crippen LogP contribution in [0.5, 0.6) is 5.88 Å². The number of ether oxygens (including phenoxy) is 2. The van der Waals surface area contributed by atoms with Crippen LogP contribution in [0.2, 0.25) is 0 Å². The van der Waals surface area contributed by atoms with Gasteiger partial charge in [0.2, 0.25) is 5.88 Å². The number of piperidine rings is 1. The van der Waals surface area contributed by atoms with Crippen LogP contribution in [0.1, 0.15) is 86.9 Å². The Morgan fingerprint density at radius 1 is 1.10 bits per heavy atom. The molecule has 2 bridgehead atoms. The van der Waals surface area contributed by atoms with Crippen LogP contribution in [0.3, 0.4) is 0 Å². The third-order valence-electron chi connectivity index (χ3n) is 8.31. The molecule has 3 atom stereocenters. The summed E-state index contributed by atoms with van der Waals surface area (Å²) in [6, 6.07) is 5.38. The second-order valence-electron chi connectivity index (χ2n) is 13.0. The molecule has 2 amide bonds. The van der Waals surface area contributed by atoms with E-state index in [-0.39, 0.29) is 29.2 Å². The lowest BCUT2D eigenvalue weighted by atomic mass is 9.84. The Bertz CT molecular complexity index is 1510. The van der Waals surface area contributed by atoms with Crippen LogP contribution in [0, 0.1) is 13.8 Å². The SMILES string of the molecule is Cc1nc(C)c(-c2cc3c(cn2)CN(c2ccc(OC4C[C@]5(C)CC[C@](C)(C4)N5C(=O)OC(C)(C)C)nn2)C3=O)s1. The normalized spacial score (nSPS) is 25.4. The molecule has 3 aromatic rings. The topological polar surface area (TPSA) is 111 Å². The number of aromatic nitrogens is 4. The first-order chi connectivity index (χ1) is 19.2. The summed E-state index contributed by atoms with van der Waals surface area (Å²) >= 11 is 1.57. The van der Waals surface area contributed by atoms with Crippen molar-refractivity contribution in [2.45, 2.75) is 103 Å². The average Bonchev–Trinajstić information content (AvgIpc) is 3.45. The first-order valence-electron chi connectivity index (χ1n) is 14.0. The predicted octanol–water partition coefficient (Wildman–Crippen LogP) is 5.86. The Morgan fingerprint density at radius 3 is 2.39 bits per heavy atom. The van der Waals surface area contributed by atoms with Crippen molar-refractivity contribution in [2.75, 3.05) is 4.90 Å². The molecule has 2 saturated heterocycles. The van der Waals surface area contributed by atoms with Crippen molar-refractivity contribution in [2.24, 2.45) is 0 Å². The highest BCUT2D eigenvalue weighted by molar-refractivity contribution is 7.15. The van der Waals surface area contributed by atoms with Gasteiger partial charge in [-0.3, -0.25) is 19.6 Å². The van der Waals surface area contributed by atoms with Gasteiger partial charge >= 0.3 is 6.09 Å². The maximum Gasteiger partial charge on any atom is 0.411 e. The van der Waals surface area contributed by atoms with Gasteiger partial charge in [-0.25, -0.2) is 9.78 Å². The Hall–Kier alpha value is -3.60. The van der Waals surface area contributed by atoms with E-state index in [2.05, 4.69) is 34.0 Å². The first-order valence-corrected chi connectivity index (χ1v) is 14.9. The molecule has 0 spiro atoms. The second kappa shape index (κ2) is 9.47. The van der Waals surface area contributed by atoms with E-state index in [0.717, 1.165) is 39.7 Å². The van der Waals surface area contributed by atoms with Crippen molar-refractivity contribution in [3.05, 3.63) is 46.2 Å². The molecule has 0 saturated carbocycles. The zero-order valence-electron chi connectivity index (χ0n) is 24.6. The number of fused-ring (bicyclic) bond motifs is 3. The summed E-state index contributed by atoms with van der Waals surface area (Å²) in [5.74, 6) is 0.737. The average molecular weight is 577 g/mol. The van der Waals surface area contributed by atoms with Crippen molar-refractivity contribution in [1.82, 2.24) is 25.1 Å². The van der Waals surface area contributed by atoms with Crippen molar-refractivity contribution in [1.29, 1.82) is 0 Å². The zero-order valence-corrected chi connectivity index (χ0v) is 25.5. The number of amides is 2. The summed E-state index contributed by atoms with van der Waals surface area (Å²) in [5.41, 5.74) is 1.88. The van der Waals surface area contributed by atoms with Crippen LogP contribution in [0.4, 0.5) is 10.6 Å². The van der Waals surface area contributed by atoms with Gasteiger partial charge in [-0.1, -0.05) is 0 Å². The van der Waals surface area contributed by atoms with Gasteiger partial charge in [0.15, 0.2) is 5.82 Å². The lowest BCUT2D eigenvalue weighted by Gasteiger charge is -2.50. The number of anilines is 1. The van der Waals surface area contributed by atoms with E-state index in [1.807, 2.05) is 45.6 Å². The van der Waals surface area contributed by atoms with Crippen LogP contribution >= 0.6 is 11.3 Å². The van der Waals surface area contributed by atoms with Crippen molar-refractivity contribution < 1.29 is 19.1 Å². The summed E-state index contributed by atoms with van der Waals surface area (Å²) in [6.07, 6.45) is 4.53. The van der Waals surface area contributed by atoms with E-state index in [9.17, 15) is 9.59 Å². The number of rotatable bonds is 4. The molecule has 6 heterocycles. The molecule has 0 aromatic carbocycles. The minimum atomic E-state index is -0.551. The fourth-order valence-corrected chi connectivity index (χ4v) is 7.54. The van der Waals surface area contributed by atoms with Gasteiger partial charge in [0, 0.05) is 47.3 Å². The highest BCUT2D eigenvalue weighted by Crippen LogP contribution is 2.51. The Balaban J connectivity index is 1.14. The number of carbonyl (C=O) groups is 2. The van der Waals surface area contributed by atoms with Crippen molar-refractivity contribution in [3.63, 3.8) is 0 Å². The first kappa shape index (κ1) is 27.6. The Labute approximate surface area is 244 Å². The molecule has 3 aromatic heterocycles. The maximum absolute atomic E-state index is 13.3. The number of nitrogens with zero attached hydrogens (tertiary/aromatic N) is 6. The molecule has 2 fully saturated rings. The molecule has 0 aliphatic carbocycles. The minimum Gasteiger partial charge on any atom is -0.473 e. The van der Waals surface area contributed by atoms with Gasteiger partial charge in [0.05, 0.1) is 27.8 Å². The summed E-state index contributed by atoms with van der Waals surface area (Å²) in [6.45, 7) is 14.2. The Morgan fingerprint density at radius 2 is 1.80 bits per heavy atom. The van der Waals surface area contributed by atoms with Crippen LogP contribution in [-0.2, 0) is 11.3 Å². The fraction of sp³-hybridized carbons (Fsp3) is 0.533. The third-order valence-corrected chi connectivity index (χ3v) is 9.40. The largest absolute Gasteiger partial charge is 0.473 e. The third kappa shape index (κ3) is 4.94. The van der Waals surface area contributed by atoms with E-state index in [0.29, 0.717) is 36.6 Å². The zero-order chi connectivity index (χ0) is 29.3. The standard InChI is InChI=1S/C30H36N6O4S/c1-17-25(41-18(2)32-17)22-12-21-19(15-31-22)16-35(26(21)37)23-8-9-24(34-33-23)39-20-13-29(6)10-11-30(7,14-20)36(29)27(38)40-28(3,4)5/h8-9,12,15,20H,10-11,13-14,16H2,1-7H3/t20?,29-,30+. The van der Waals surface area contributed by atoms with Crippen LogP contribution in [0.25, 0.3) is 10.6 Å². The lowest BCUT2D eigenvalue weighted by molar-refractivity contribution is -0.0584. The van der Waals surface area contributed by atoms with Gasteiger partial charge in [-0.2, -0.15) is 0 Å². The molecule has 10 nitrogen and oxygen atoms in total. The quantitative estimate of drug-likeness (QED) is 0.380. The molecule has 216 valence electrons. The van der Waals surface area contributed by atoms with Crippen molar-refractivity contribution in [3.8, 4) is 16.5 Å². The molecule has 41 heavy (non-hydrogen) atoms. The summed E-state index contributed by atoms with van der Waals surface area (Å²) < 4.78 is 12.1. The molecular weight excluding hydrogens is 540 g/mol. The maximum atomic E-state index is 13.3. The van der Waals surface area contributed by atoms with E-state index < -0.39 is 5.60 Å². The van der Waals surface area contributed by atoms with Crippen LogP contribution < -0.4 is 9.64 Å². The van der Waals surface area contributed by atoms with Crippen molar-refractivity contribution >= 4 is 29.2 Å². The van der Waals surface area contributed by atoms with Gasteiger partial charge in [-0.05, 0) is 73.4 Å². The molecule has 6 rings (SSSR count). The molecule has 0 radical (unpaired) electrons. The monoisotopic (exact) mass is 576 g/mol. The highest BCUT2D eigenvalue weighted by Gasteiger charge is 2.59. The molecule has 0 N–H and O–H groups in total. The number of thiazole rings is 1. The molecule has 3 aliphatic heterocycles. The van der Waals surface area contributed by atoms with E-state index in [4.69, 9.17) is 9.47 Å². The smallest absolute Gasteiger partial charge is 0.411 e. The molecule has 3 aliphatic rings. The molecule has 1 unspecified atom stereocenters. The van der Waals surface area contributed by atoms with E-state index in [1.54, 1.807) is 34.6 Å². The summed E-state index contributed by atoms with van der Waals surface area (Å²) in [7, 11) is 0. The second-order valence-corrected chi connectivity index (χ2v) is 14.2. The predicted molar refractivity (Wildman–Crippen MR) is 155 cm³/mol. The molecular formula is C30H36N6O4S. The van der Waals surface area contributed by atoms with Gasteiger partial charge < -0.3 is 9.47 Å². The summed E-state index contributed by atoms with van der Waals surface area (Å²) in [4.78, 5) is 40.1. The number of carbonyl (C=O) groups excluding carboxylic acids is 2. The van der Waals surface area contributed by atoms with Gasteiger partial charge in [-0.15, -0.1) is 21.5 Å². The number of hydrogen-bond acceptors (Lipinski definition) is 9. The van der Waals surface area contributed by atoms with Crippen LogP contribution in [0.15, 0.2) is 24.4 Å². The highest BCUT2D eigenvalue weighted by atomic mass is 32.1. The summed E-state index contributed by atoms with van der Waals surface area (Å²) in [5, 5.41) is 9.63. The number of aryl methyl sites for hydroxylation is 2. The Kier molecular flexibility index (Phi) is 6.37. The minimum absolute atomic E-state index is 0.118. The fourth-order valence-electron chi connectivity index (χ4n) is 6.65.